The molecule has 1 aliphatic carbocycles. The first kappa shape index (κ1) is 21.0. The minimum absolute atomic E-state index is 0.309. The summed E-state index contributed by atoms with van der Waals surface area (Å²) in [6, 6.07) is 12.6. The summed E-state index contributed by atoms with van der Waals surface area (Å²) in [5.74, 6) is 3.31. The van der Waals surface area contributed by atoms with Gasteiger partial charge in [0.1, 0.15) is 17.7 Å². The number of benzene rings is 1. The Morgan fingerprint density at radius 3 is 2.69 bits per heavy atom. The molecular weight excluding hydrogens is 420 g/mol. The molecule has 3 heterocycles. The Labute approximate surface area is 193 Å². The fourth-order valence-electron chi connectivity index (χ4n) is 3.91. The van der Waals surface area contributed by atoms with Gasteiger partial charge in [-0.05, 0) is 81.9 Å². The second kappa shape index (κ2) is 9.34. The van der Waals surface area contributed by atoms with Gasteiger partial charge >= 0.3 is 0 Å². The minimum Gasteiger partial charge on any atom is -0.490 e. The third-order valence-electron chi connectivity index (χ3n) is 5.89. The number of nitrogens with zero attached hydrogens (tertiary/aromatic N) is 4. The van der Waals surface area contributed by atoms with Crippen LogP contribution in [0.5, 0.6) is 5.75 Å². The van der Waals surface area contributed by atoms with Crippen molar-refractivity contribution in [2.75, 3.05) is 30.5 Å². The number of thioether (sulfide) groups is 1. The van der Waals surface area contributed by atoms with E-state index >= 15 is 0 Å². The van der Waals surface area contributed by atoms with E-state index in [1.807, 2.05) is 48.3 Å². The summed E-state index contributed by atoms with van der Waals surface area (Å²) < 4.78 is 6.06. The lowest BCUT2D eigenvalue weighted by atomic mass is 9.88. The van der Waals surface area contributed by atoms with E-state index in [0.29, 0.717) is 18.1 Å². The van der Waals surface area contributed by atoms with Gasteiger partial charge in [0.15, 0.2) is 0 Å². The van der Waals surface area contributed by atoms with E-state index in [9.17, 15) is 0 Å². The van der Waals surface area contributed by atoms with Crippen molar-refractivity contribution in [2.45, 2.75) is 42.7 Å². The first-order valence-electron chi connectivity index (χ1n) is 11.0. The summed E-state index contributed by atoms with van der Waals surface area (Å²) >= 11 is 1.87. The van der Waals surface area contributed by atoms with Crippen molar-refractivity contribution >= 4 is 34.9 Å². The van der Waals surface area contributed by atoms with Crippen LogP contribution in [0.1, 0.15) is 25.0 Å². The maximum absolute atomic E-state index is 6.06. The van der Waals surface area contributed by atoms with Crippen molar-refractivity contribution in [3.63, 3.8) is 0 Å². The van der Waals surface area contributed by atoms with E-state index in [-0.39, 0.29) is 0 Å². The summed E-state index contributed by atoms with van der Waals surface area (Å²) in [5, 5.41) is 6.61. The van der Waals surface area contributed by atoms with Gasteiger partial charge in [-0.15, -0.1) is 11.8 Å². The van der Waals surface area contributed by atoms with Crippen molar-refractivity contribution in [1.82, 2.24) is 19.9 Å². The van der Waals surface area contributed by atoms with Gasteiger partial charge in [-0.2, -0.15) is 4.98 Å². The monoisotopic (exact) mass is 448 g/mol. The van der Waals surface area contributed by atoms with Gasteiger partial charge in [0.2, 0.25) is 5.95 Å². The molecule has 0 unspecified atom stereocenters. The smallest absolute Gasteiger partial charge is 0.229 e. The number of rotatable bonds is 7. The Morgan fingerprint density at radius 2 is 1.88 bits per heavy atom. The molecule has 0 spiro atoms. The van der Waals surface area contributed by atoms with E-state index in [1.165, 1.54) is 17.0 Å². The Bertz CT molecular complexity index is 1070. The molecule has 0 saturated heterocycles. The van der Waals surface area contributed by atoms with Gasteiger partial charge in [-0.25, -0.2) is 4.98 Å². The predicted molar refractivity (Wildman–Crippen MR) is 129 cm³/mol. The summed E-state index contributed by atoms with van der Waals surface area (Å²) in [6.45, 7) is 0. The molecule has 5 rings (SSSR count). The van der Waals surface area contributed by atoms with Crippen LogP contribution in [0.15, 0.2) is 53.7 Å². The van der Waals surface area contributed by atoms with Crippen LogP contribution in [0, 0.1) is 0 Å². The van der Waals surface area contributed by atoms with Crippen molar-refractivity contribution in [3.8, 4) is 5.75 Å². The second-order valence-electron chi connectivity index (χ2n) is 8.49. The molecule has 1 aliphatic heterocycles. The van der Waals surface area contributed by atoms with E-state index < -0.39 is 0 Å². The predicted octanol–water partition coefficient (Wildman–Crippen LogP) is 4.87. The molecule has 2 N–H and O–H groups in total. The Morgan fingerprint density at radius 1 is 1.03 bits per heavy atom. The highest BCUT2D eigenvalue weighted by molar-refractivity contribution is 7.99. The van der Waals surface area contributed by atoms with Crippen LogP contribution in [0.4, 0.5) is 23.1 Å². The summed E-state index contributed by atoms with van der Waals surface area (Å²) in [7, 11) is 4.24. The number of fused-ring (bicyclic) bond motifs is 1. The molecule has 1 aromatic carbocycles. The third kappa shape index (κ3) is 4.97. The van der Waals surface area contributed by atoms with Gasteiger partial charge in [0.25, 0.3) is 0 Å². The number of aromatic nitrogens is 3. The Hall–Kier alpha value is -2.84. The Balaban J connectivity index is 1.19. The molecule has 0 atom stereocenters. The molecule has 2 aliphatic rings. The first-order chi connectivity index (χ1) is 15.6. The number of ether oxygens (including phenoxy) is 1. The van der Waals surface area contributed by atoms with Crippen molar-refractivity contribution in [2.24, 2.45) is 0 Å². The Kier molecular flexibility index (Phi) is 6.14. The van der Waals surface area contributed by atoms with Crippen LogP contribution in [0.3, 0.4) is 0 Å². The average molecular weight is 449 g/mol. The van der Waals surface area contributed by atoms with Crippen molar-refractivity contribution < 1.29 is 4.74 Å². The third-order valence-corrected chi connectivity index (χ3v) is 7.04. The molecule has 1 fully saturated rings. The van der Waals surface area contributed by atoms with E-state index in [0.717, 1.165) is 48.0 Å². The van der Waals surface area contributed by atoms with Gasteiger partial charge in [-0.3, -0.25) is 4.98 Å². The molecule has 0 radical (unpaired) electrons. The summed E-state index contributed by atoms with van der Waals surface area (Å²) in [4.78, 5) is 17.1. The molecule has 166 valence electrons. The zero-order chi connectivity index (χ0) is 21.9. The zero-order valence-electron chi connectivity index (χ0n) is 18.4. The maximum Gasteiger partial charge on any atom is 0.229 e. The fourth-order valence-corrected chi connectivity index (χ4v) is 4.95. The van der Waals surface area contributed by atoms with Crippen LogP contribution in [0.2, 0.25) is 0 Å². The van der Waals surface area contributed by atoms with Crippen LogP contribution in [0.25, 0.3) is 0 Å². The van der Waals surface area contributed by atoms with Crippen LogP contribution < -0.4 is 15.4 Å². The molecule has 32 heavy (non-hydrogen) atoms. The molecule has 0 bridgehead atoms. The fraction of sp³-hybridized carbons (Fsp3) is 0.375. The van der Waals surface area contributed by atoms with Gasteiger partial charge in [0.05, 0.1) is 17.6 Å². The number of hydrogen-bond donors (Lipinski definition) is 2. The van der Waals surface area contributed by atoms with Gasteiger partial charge in [0, 0.05) is 22.8 Å². The lowest BCUT2D eigenvalue weighted by Gasteiger charge is -2.39. The van der Waals surface area contributed by atoms with E-state index in [1.54, 1.807) is 6.20 Å². The quantitative estimate of drug-likeness (QED) is 0.530. The zero-order valence-corrected chi connectivity index (χ0v) is 19.2. The largest absolute Gasteiger partial charge is 0.490 e. The molecule has 0 amide bonds. The first-order valence-corrected chi connectivity index (χ1v) is 12.0. The van der Waals surface area contributed by atoms with Gasteiger partial charge < -0.3 is 20.3 Å². The highest BCUT2D eigenvalue weighted by atomic mass is 32.2. The maximum atomic E-state index is 6.06. The second-order valence-corrected chi connectivity index (χ2v) is 9.63. The van der Waals surface area contributed by atoms with Crippen molar-refractivity contribution in [3.05, 3.63) is 54.5 Å². The minimum atomic E-state index is 0.309. The van der Waals surface area contributed by atoms with E-state index in [4.69, 9.17) is 4.74 Å². The topological polar surface area (TPSA) is 75.2 Å². The molecule has 2 aromatic heterocycles. The highest BCUT2D eigenvalue weighted by Gasteiger charge is 2.32. The van der Waals surface area contributed by atoms with Crippen molar-refractivity contribution in [1.29, 1.82) is 0 Å². The molecular formula is C24H28N6OS. The number of anilines is 4. The summed E-state index contributed by atoms with van der Waals surface area (Å²) in [6.07, 6.45) is 8.35. The standard InChI is InChI=1S/C24H28N6OS/c1-30(2)18-13-20(14-18)31-19-7-5-16(6-8-19)28-24-25-10-9-23(29-24)27-17-12-22-21(26-15-17)4-3-11-32-22/h5-10,12,15,18,20H,3-4,11,13-14H2,1-2H3,(H2,25,27,28,29). The SMILES string of the molecule is CN(C)C1CC(Oc2ccc(Nc3nccc(Nc4cnc5c(c4)SCCC5)n3)cc2)C1. The molecule has 8 heteroatoms. The summed E-state index contributed by atoms with van der Waals surface area (Å²) in [5.41, 5.74) is 3.05. The molecule has 1 saturated carbocycles. The highest BCUT2D eigenvalue weighted by Crippen LogP contribution is 2.32. The number of hydrogen-bond acceptors (Lipinski definition) is 8. The van der Waals surface area contributed by atoms with E-state index in [2.05, 4.69) is 50.6 Å². The van der Waals surface area contributed by atoms with Crippen LogP contribution in [-0.4, -0.2) is 51.8 Å². The van der Waals surface area contributed by atoms with Gasteiger partial charge in [-0.1, -0.05) is 0 Å². The normalized spacial score (nSPS) is 19.7. The lowest BCUT2D eigenvalue weighted by molar-refractivity contribution is 0.0401. The average Bonchev–Trinajstić information content (AvgIpc) is 2.77. The molecule has 7 nitrogen and oxygen atoms in total. The lowest BCUT2D eigenvalue weighted by Crippen LogP contribution is -2.46. The number of aryl methyl sites for hydroxylation is 1. The molecule has 3 aromatic rings. The van der Waals surface area contributed by atoms with Crippen LogP contribution >= 0.6 is 11.8 Å². The number of pyridine rings is 1. The van der Waals surface area contributed by atoms with Crippen LogP contribution in [-0.2, 0) is 6.42 Å². The number of nitrogens with one attached hydrogen (secondary N) is 2.